The van der Waals surface area contributed by atoms with E-state index in [4.69, 9.17) is 5.26 Å². The van der Waals surface area contributed by atoms with Crippen LogP contribution in [0, 0.1) is 11.3 Å². The van der Waals surface area contributed by atoms with Gasteiger partial charge in [-0.1, -0.05) is 19.1 Å². The number of nitrogens with zero attached hydrogens (tertiary/aromatic N) is 3. The zero-order valence-corrected chi connectivity index (χ0v) is 9.81. The number of aliphatic hydroxyl groups excluding tert-OH is 1. The van der Waals surface area contributed by atoms with Crippen LogP contribution in [0.1, 0.15) is 19.2 Å². The lowest BCUT2D eigenvalue weighted by Gasteiger charge is -2.02. The third-order valence-electron chi connectivity index (χ3n) is 2.75. The van der Waals surface area contributed by atoms with Gasteiger partial charge in [0.1, 0.15) is 17.4 Å². The summed E-state index contributed by atoms with van der Waals surface area (Å²) in [5.41, 5.74) is 2.01. The number of aryl methyl sites for hydroxylation is 1. The second-order valence-electron chi connectivity index (χ2n) is 3.77. The number of allylic oxidation sites excluding steroid dienone is 2. The van der Waals surface area contributed by atoms with Crippen molar-refractivity contribution in [1.29, 1.82) is 5.26 Å². The fourth-order valence-electron chi connectivity index (χ4n) is 1.79. The average Bonchev–Trinajstić information content (AvgIpc) is 2.68. The van der Waals surface area contributed by atoms with Gasteiger partial charge >= 0.3 is 0 Å². The fourth-order valence-corrected chi connectivity index (χ4v) is 1.79. The Morgan fingerprint density at radius 2 is 2.18 bits per heavy atom. The minimum Gasteiger partial charge on any atom is -0.511 e. The molecule has 0 fully saturated rings. The Hall–Kier alpha value is -2.28. The molecule has 4 nitrogen and oxygen atoms in total. The molecule has 0 atom stereocenters. The molecule has 0 aliphatic heterocycles. The molecule has 86 valence electrons. The molecule has 1 N–H and O–H groups in total. The number of hydrogen-bond donors (Lipinski definition) is 1. The molecule has 0 saturated heterocycles. The largest absolute Gasteiger partial charge is 0.511 e. The number of nitriles is 1. The number of para-hydroxylation sites is 2. The van der Waals surface area contributed by atoms with Crippen molar-refractivity contribution >= 4 is 16.6 Å². The summed E-state index contributed by atoms with van der Waals surface area (Å²) >= 11 is 0. The predicted molar refractivity (Wildman–Crippen MR) is 66.2 cm³/mol. The fraction of sp³-hybridized carbons (Fsp3) is 0.231. The summed E-state index contributed by atoms with van der Waals surface area (Å²) in [7, 11) is 1.84. The maximum Gasteiger partial charge on any atom is 0.155 e. The second kappa shape index (κ2) is 4.30. The maximum absolute atomic E-state index is 9.72. The van der Waals surface area contributed by atoms with Gasteiger partial charge in [0.15, 0.2) is 5.82 Å². The quantitative estimate of drug-likeness (QED) is 0.633. The Balaban J connectivity index is 2.72. The first-order chi connectivity index (χ1) is 8.19. The Morgan fingerprint density at radius 3 is 2.76 bits per heavy atom. The van der Waals surface area contributed by atoms with Crippen LogP contribution in [0.3, 0.4) is 0 Å². The molecular weight excluding hydrogens is 214 g/mol. The molecule has 0 bridgehead atoms. The van der Waals surface area contributed by atoms with Crippen molar-refractivity contribution in [3.8, 4) is 6.07 Å². The van der Waals surface area contributed by atoms with Crippen molar-refractivity contribution in [2.24, 2.45) is 7.05 Å². The molecule has 0 unspecified atom stereocenters. The molecule has 4 heteroatoms. The van der Waals surface area contributed by atoms with Crippen LogP contribution in [0.4, 0.5) is 0 Å². The summed E-state index contributed by atoms with van der Waals surface area (Å²) in [6.45, 7) is 1.80. The molecule has 0 spiro atoms. The van der Waals surface area contributed by atoms with Crippen LogP contribution in [0.5, 0.6) is 0 Å². The lowest BCUT2D eigenvalue weighted by atomic mass is 10.2. The normalized spacial score (nSPS) is 12.3. The van der Waals surface area contributed by atoms with E-state index in [1.165, 1.54) is 0 Å². The zero-order valence-electron chi connectivity index (χ0n) is 9.81. The smallest absolute Gasteiger partial charge is 0.155 e. The highest BCUT2D eigenvalue weighted by molar-refractivity contribution is 5.83. The number of fused-ring (bicyclic) bond motifs is 1. The van der Waals surface area contributed by atoms with E-state index in [0.29, 0.717) is 12.2 Å². The first kappa shape index (κ1) is 11.2. The molecule has 2 rings (SSSR count). The van der Waals surface area contributed by atoms with Gasteiger partial charge in [0, 0.05) is 13.5 Å². The molecule has 2 aromatic rings. The molecule has 1 aromatic carbocycles. The highest BCUT2D eigenvalue weighted by Gasteiger charge is 2.14. The Bertz CT molecular complexity index is 632. The van der Waals surface area contributed by atoms with Crippen molar-refractivity contribution < 1.29 is 5.11 Å². The summed E-state index contributed by atoms with van der Waals surface area (Å²) in [6, 6.07) is 9.65. The SMILES string of the molecule is CCC(O)=C(C#N)c1nc2ccccc2n1C. The van der Waals surface area contributed by atoms with E-state index in [2.05, 4.69) is 4.98 Å². The van der Waals surface area contributed by atoms with Gasteiger partial charge in [0.05, 0.1) is 11.0 Å². The molecule has 1 heterocycles. The van der Waals surface area contributed by atoms with Crippen LogP contribution in [0.15, 0.2) is 30.0 Å². The van der Waals surface area contributed by atoms with Crippen molar-refractivity contribution in [3.05, 3.63) is 35.8 Å². The highest BCUT2D eigenvalue weighted by Crippen LogP contribution is 2.22. The van der Waals surface area contributed by atoms with E-state index < -0.39 is 0 Å². The Labute approximate surface area is 99.4 Å². The molecule has 0 aliphatic carbocycles. The molecule has 0 amide bonds. The predicted octanol–water partition coefficient (Wildman–Crippen LogP) is 2.78. The van der Waals surface area contributed by atoms with Gasteiger partial charge in [0.2, 0.25) is 0 Å². The first-order valence-corrected chi connectivity index (χ1v) is 5.43. The summed E-state index contributed by atoms with van der Waals surface area (Å²) < 4.78 is 1.82. The van der Waals surface area contributed by atoms with Crippen molar-refractivity contribution in [1.82, 2.24) is 9.55 Å². The van der Waals surface area contributed by atoms with Gasteiger partial charge in [-0.2, -0.15) is 5.26 Å². The van der Waals surface area contributed by atoms with E-state index in [1.807, 2.05) is 41.9 Å². The van der Waals surface area contributed by atoms with Gasteiger partial charge in [-0.05, 0) is 12.1 Å². The van der Waals surface area contributed by atoms with Crippen molar-refractivity contribution in [2.75, 3.05) is 0 Å². The molecule has 0 radical (unpaired) electrons. The first-order valence-electron chi connectivity index (χ1n) is 5.43. The van der Waals surface area contributed by atoms with Crippen LogP contribution in [-0.2, 0) is 7.05 Å². The average molecular weight is 227 g/mol. The van der Waals surface area contributed by atoms with Crippen molar-refractivity contribution in [3.63, 3.8) is 0 Å². The van der Waals surface area contributed by atoms with E-state index in [0.717, 1.165) is 11.0 Å². The van der Waals surface area contributed by atoms with E-state index in [1.54, 1.807) is 6.92 Å². The number of benzene rings is 1. The number of aliphatic hydroxyl groups is 1. The van der Waals surface area contributed by atoms with Gasteiger partial charge in [0.25, 0.3) is 0 Å². The minimum atomic E-state index is 0.0749. The van der Waals surface area contributed by atoms with E-state index in [-0.39, 0.29) is 11.3 Å². The van der Waals surface area contributed by atoms with E-state index >= 15 is 0 Å². The minimum absolute atomic E-state index is 0.0749. The summed E-state index contributed by atoms with van der Waals surface area (Å²) in [5.74, 6) is 0.582. The highest BCUT2D eigenvalue weighted by atomic mass is 16.3. The second-order valence-corrected chi connectivity index (χ2v) is 3.77. The third kappa shape index (κ3) is 1.76. The lowest BCUT2D eigenvalue weighted by molar-refractivity contribution is 0.397. The number of rotatable bonds is 2. The summed E-state index contributed by atoms with van der Waals surface area (Å²) in [5, 5.41) is 18.8. The van der Waals surface area contributed by atoms with Crippen LogP contribution in [-0.4, -0.2) is 14.7 Å². The molecular formula is C13H13N3O. The van der Waals surface area contributed by atoms with Gasteiger partial charge in [-0.3, -0.25) is 0 Å². The van der Waals surface area contributed by atoms with Crippen molar-refractivity contribution in [2.45, 2.75) is 13.3 Å². The Morgan fingerprint density at radius 1 is 1.47 bits per heavy atom. The number of imidazole rings is 1. The molecule has 17 heavy (non-hydrogen) atoms. The summed E-state index contributed by atoms with van der Waals surface area (Å²) in [6.07, 6.45) is 0.423. The number of hydrogen-bond acceptors (Lipinski definition) is 3. The van der Waals surface area contributed by atoms with Crippen LogP contribution in [0.2, 0.25) is 0 Å². The van der Waals surface area contributed by atoms with Crippen LogP contribution in [0.25, 0.3) is 16.6 Å². The van der Waals surface area contributed by atoms with E-state index in [9.17, 15) is 5.11 Å². The molecule has 0 aliphatic rings. The van der Waals surface area contributed by atoms with Crippen LogP contribution >= 0.6 is 0 Å². The molecule has 1 aromatic heterocycles. The van der Waals surface area contributed by atoms with Gasteiger partial charge < -0.3 is 9.67 Å². The summed E-state index contributed by atoms with van der Waals surface area (Å²) in [4.78, 5) is 4.38. The monoisotopic (exact) mass is 227 g/mol. The van der Waals surface area contributed by atoms with Gasteiger partial charge in [-0.25, -0.2) is 4.98 Å². The standard InChI is InChI=1S/C13H13N3O/c1-3-12(17)9(8-14)13-15-10-6-4-5-7-11(10)16(13)2/h4-7,17H,3H2,1-2H3. The van der Waals surface area contributed by atoms with Gasteiger partial charge in [-0.15, -0.1) is 0 Å². The topological polar surface area (TPSA) is 61.8 Å². The van der Waals surface area contributed by atoms with Crippen LogP contribution < -0.4 is 0 Å². The Kier molecular flexibility index (Phi) is 2.84. The third-order valence-corrected chi connectivity index (χ3v) is 2.75. The maximum atomic E-state index is 9.72. The zero-order chi connectivity index (χ0) is 12.4. The molecule has 0 saturated carbocycles. The number of aromatic nitrogens is 2. The lowest BCUT2D eigenvalue weighted by Crippen LogP contribution is -1.98.